The van der Waals surface area contributed by atoms with Crippen LogP contribution in [0.2, 0.25) is 5.02 Å². The van der Waals surface area contributed by atoms with Crippen LogP contribution in [0.15, 0.2) is 39.3 Å². The van der Waals surface area contributed by atoms with Gasteiger partial charge in [0.05, 0.1) is 5.69 Å². The van der Waals surface area contributed by atoms with Gasteiger partial charge in [-0.1, -0.05) is 18.5 Å². The lowest BCUT2D eigenvalue weighted by Crippen LogP contribution is -2.24. The Balaban J connectivity index is 2.63. The highest BCUT2D eigenvalue weighted by atomic mass is 35.5. The number of hydrogen-bond acceptors (Lipinski definition) is 5. The van der Waals surface area contributed by atoms with Crippen LogP contribution in [-0.4, -0.2) is 9.67 Å². The Bertz CT molecular complexity index is 879. The molecule has 1 aromatic carbocycles. The minimum atomic E-state index is -0.476. The van der Waals surface area contributed by atoms with Crippen molar-refractivity contribution in [2.24, 2.45) is 10.2 Å². The third kappa shape index (κ3) is 3.31. The summed E-state index contributed by atoms with van der Waals surface area (Å²) >= 11 is 5.82. The van der Waals surface area contributed by atoms with Gasteiger partial charge >= 0.3 is 0 Å². The van der Waals surface area contributed by atoms with E-state index in [0.29, 0.717) is 22.7 Å². The van der Waals surface area contributed by atoms with E-state index in [1.165, 1.54) is 4.57 Å². The Kier molecular flexibility index (Phi) is 5.37. The van der Waals surface area contributed by atoms with Crippen LogP contribution in [0.5, 0.6) is 5.88 Å². The molecule has 0 spiro atoms. The number of nitrogens with zero attached hydrogens (tertiary/aromatic N) is 4. The first-order valence-electron chi connectivity index (χ1n) is 7.46. The van der Waals surface area contributed by atoms with E-state index in [-0.39, 0.29) is 23.2 Å². The van der Waals surface area contributed by atoms with Crippen LogP contribution < -0.4 is 5.56 Å². The molecule has 0 bridgehead atoms. The number of azo groups is 1. The summed E-state index contributed by atoms with van der Waals surface area (Å²) in [4.78, 5) is 12.7. The van der Waals surface area contributed by atoms with Gasteiger partial charge in [0.2, 0.25) is 5.88 Å². The van der Waals surface area contributed by atoms with Crippen molar-refractivity contribution in [3.05, 3.63) is 50.8 Å². The molecule has 0 radical (unpaired) electrons. The third-order valence-electron chi connectivity index (χ3n) is 3.84. The number of pyridine rings is 1. The largest absolute Gasteiger partial charge is 0.493 e. The fourth-order valence-electron chi connectivity index (χ4n) is 2.24. The van der Waals surface area contributed by atoms with Crippen LogP contribution in [0.3, 0.4) is 0 Å². The summed E-state index contributed by atoms with van der Waals surface area (Å²) in [6, 6.07) is 8.32. The maximum atomic E-state index is 12.7. The fourth-order valence-corrected chi connectivity index (χ4v) is 2.36. The summed E-state index contributed by atoms with van der Waals surface area (Å²) in [5.74, 6) is -0.334. The molecule has 6 nitrogen and oxygen atoms in total. The molecule has 0 saturated carbocycles. The zero-order chi connectivity index (χ0) is 17.9. The molecule has 0 fully saturated rings. The van der Waals surface area contributed by atoms with E-state index in [4.69, 9.17) is 11.6 Å². The van der Waals surface area contributed by atoms with E-state index in [1.54, 1.807) is 38.1 Å². The highest BCUT2D eigenvalue weighted by Crippen LogP contribution is 2.29. The van der Waals surface area contributed by atoms with Crippen molar-refractivity contribution in [1.82, 2.24) is 4.57 Å². The summed E-state index contributed by atoms with van der Waals surface area (Å²) in [7, 11) is 0. The van der Waals surface area contributed by atoms with Crippen LogP contribution in [0, 0.1) is 18.3 Å². The van der Waals surface area contributed by atoms with Crippen molar-refractivity contribution in [3.8, 4) is 11.9 Å². The van der Waals surface area contributed by atoms with Gasteiger partial charge < -0.3 is 5.11 Å². The molecule has 1 atom stereocenters. The summed E-state index contributed by atoms with van der Waals surface area (Å²) < 4.78 is 1.18. The molecule has 1 unspecified atom stereocenters. The highest BCUT2D eigenvalue weighted by molar-refractivity contribution is 6.30. The van der Waals surface area contributed by atoms with Gasteiger partial charge in [0.1, 0.15) is 11.6 Å². The molecular formula is C17H17ClN4O2. The number of benzene rings is 1. The third-order valence-corrected chi connectivity index (χ3v) is 4.09. The van der Waals surface area contributed by atoms with Crippen molar-refractivity contribution in [2.45, 2.75) is 33.2 Å². The lowest BCUT2D eigenvalue weighted by molar-refractivity contribution is 0.372. The Hall–Kier alpha value is -2.65. The van der Waals surface area contributed by atoms with E-state index in [9.17, 15) is 15.2 Å². The Morgan fingerprint density at radius 3 is 2.50 bits per heavy atom. The average molecular weight is 345 g/mol. The molecule has 0 aliphatic carbocycles. The SMILES string of the molecule is CCC(C)n1c(O)c(C#N)c(C)c(N=Nc2ccc(Cl)cc2)c1=O. The lowest BCUT2D eigenvalue weighted by atomic mass is 10.1. The number of halogens is 1. The zero-order valence-corrected chi connectivity index (χ0v) is 14.4. The Labute approximate surface area is 144 Å². The standard InChI is InChI=1S/C17H17ClN4O2/c1-4-10(2)22-16(23)14(9-19)11(3)15(17(22)24)21-20-13-7-5-12(18)6-8-13/h5-8,10,23H,4H2,1-3H3. The maximum absolute atomic E-state index is 12.7. The molecule has 1 heterocycles. The molecule has 124 valence electrons. The number of nitriles is 1. The Morgan fingerprint density at radius 1 is 1.33 bits per heavy atom. The van der Waals surface area contributed by atoms with Crippen LogP contribution in [0.1, 0.15) is 37.4 Å². The normalized spacial score (nSPS) is 12.3. The molecule has 0 aliphatic rings. The summed E-state index contributed by atoms with van der Waals surface area (Å²) in [6.07, 6.45) is 0.620. The van der Waals surface area contributed by atoms with Gasteiger partial charge in [0.15, 0.2) is 5.69 Å². The van der Waals surface area contributed by atoms with E-state index >= 15 is 0 Å². The first-order chi connectivity index (χ1) is 11.4. The molecule has 7 heteroatoms. The number of hydrogen-bond donors (Lipinski definition) is 1. The quantitative estimate of drug-likeness (QED) is 0.809. The number of rotatable bonds is 4. The molecular weight excluding hydrogens is 328 g/mol. The average Bonchev–Trinajstić information content (AvgIpc) is 2.56. The molecule has 2 aromatic rings. The van der Waals surface area contributed by atoms with Crippen molar-refractivity contribution in [3.63, 3.8) is 0 Å². The van der Waals surface area contributed by atoms with Gasteiger partial charge in [0.25, 0.3) is 5.56 Å². The van der Waals surface area contributed by atoms with Crippen molar-refractivity contribution >= 4 is 23.0 Å². The molecule has 1 aromatic heterocycles. The van der Waals surface area contributed by atoms with Gasteiger partial charge in [0, 0.05) is 16.6 Å². The minimum Gasteiger partial charge on any atom is -0.493 e. The monoisotopic (exact) mass is 344 g/mol. The lowest BCUT2D eigenvalue weighted by Gasteiger charge is -2.17. The smallest absolute Gasteiger partial charge is 0.281 e. The maximum Gasteiger partial charge on any atom is 0.281 e. The second-order valence-corrected chi connectivity index (χ2v) is 5.83. The Morgan fingerprint density at radius 2 is 1.96 bits per heavy atom. The van der Waals surface area contributed by atoms with E-state index in [1.807, 2.05) is 13.0 Å². The first-order valence-corrected chi connectivity index (χ1v) is 7.83. The van der Waals surface area contributed by atoms with E-state index in [2.05, 4.69) is 10.2 Å². The van der Waals surface area contributed by atoms with E-state index < -0.39 is 5.56 Å². The number of aromatic nitrogens is 1. The second kappa shape index (κ2) is 7.28. The second-order valence-electron chi connectivity index (χ2n) is 5.39. The number of aromatic hydroxyl groups is 1. The van der Waals surface area contributed by atoms with Gasteiger partial charge in [-0.25, -0.2) is 0 Å². The van der Waals surface area contributed by atoms with Gasteiger partial charge in [-0.15, -0.1) is 5.11 Å². The van der Waals surface area contributed by atoms with Gasteiger partial charge in [-0.2, -0.15) is 10.4 Å². The van der Waals surface area contributed by atoms with Gasteiger partial charge in [-0.3, -0.25) is 9.36 Å². The van der Waals surface area contributed by atoms with Crippen molar-refractivity contribution < 1.29 is 5.11 Å². The van der Waals surface area contributed by atoms with E-state index in [0.717, 1.165) is 0 Å². The summed E-state index contributed by atoms with van der Waals surface area (Å²) in [6.45, 7) is 5.24. The van der Waals surface area contributed by atoms with Gasteiger partial charge in [-0.05, 0) is 44.5 Å². The highest BCUT2D eigenvalue weighted by Gasteiger charge is 2.21. The molecule has 0 saturated heterocycles. The van der Waals surface area contributed by atoms with Crippen LogP contribution in [0.4, 0.5) is 11.4 Å². The zero-order valence-electron chi connectivity index (χ0n) is 13.6. The molecule has 24 heavy (non-hydrogen) atoms. The fraction of sp³-hybridized carbons (Fsp3) is 0.294. The molecule has 0 aliphatic heterocycles. The molecule has 2 rings (SSSR count). The van der Waals surface area contributed by atoms with Crippen molar-refractivity contribution in [1.29, 1.82) is 5.26 Å². The summed E-state index contributed by atoms with van der Waals surface area (Å²) in [5, 5.41) is 28.2. The van der Waals surface area contributed by atoms with Crippen LogP contribution in [0.25, 0.3) is 0 Å². The van der Waals surface area contributed by atoms with Crippen molar-refractivity contribution in [2.75, 3.05) is 0 Å². The molecule has 0 amide bonds. The van der Waals surface area contributed by atoms with Crippen LogP contribution in [-0.2, 0) is 0 Å². The molecule has 1 N–H and O–H groups in total. The predicted molar refractivity (Wildman–Crippen MR) is 92.4 cm³/mol. The topological polar surface area (TPSA) is 90.7 Å². The summed E-state index contributed by atoms with van der Waals surface area (Å²) in [5.41, 5.74) is 0.424. The first kappa shape index (κ1) is 17.7. The minimum absolute atomic E-state index is 0.0277. The predicted octanol–water partition coefficient (Wildman–Crippen LogP) is 4.77. The van der Waals surface area contributed by atoms with Crippen LogP contribution >= 0.6 is 11.6 Å².